The van der Waals surface area contributed by atoms with E-state index in [1.807, 2.05) is 0 Å². The van der Waals surface area contributed by atoms with Crippen molar-refractivity contribution in [2.24, 2.45) is 5.41 Å². The summed E-state index contributed by atoms with van der Waals surface area (Å²) in [7, 11) is 0. The summed E-state index contributed by atoms with van der Waals surface area (Å²) in [5.74, 6) is -2.12. The predicted molar refractivity (Wildman–Crippen MR) is 73.3 cm³/mol. The van der Waals surface area contributed by atoms with Crippen LogP contribution < -0.4 is 10.2 Å². The van der Waals surface area contributed by atoms with Crippen LogP contribution in [0.5, 0.6) is 0 Å². The van der Waals surface area contributed by atoms with Crippen LogP contribution in [0.15, 0.2) is 18.2 Å². The Morgan fingerprint density at radius 1 is 1.19 bits per heavy atom. The Balaban J connectivity index is 2.09. The number of carbonyl (C=O) groups is 3. The van der Waals surface area contributed by atoms with Gasteiger partial charge in [-0.25, -0.2) is 14.1 Å². The molecule has 1 saturated heterocycles. The van der Waals surface area contributed by atoms with Crippen molar-refractivity contribution in [3.8, 4) is 0 Å². The van der Waals surface area contributed by atoms with Gasteiger partial charge in [0.15, 0.2) is 5.82 Å². The molecule has 0 aromatic heterocycles. The van der Waals surface area contributed by atoms with Gasteiger partial charge in [0.2, 0.25) is 5.91 Å². The van der Waals surface area contributed by atoms with E-state index in [9.17, 15) is 18.8 Å². The zero-order valence-electron chi connectivity index (χ0n) is 11.0. The van der Waals surface area contributed by atoms with E-state index in [0.29, 0.717) is 17.7 Å². The molecular weight excluding hydrogens is 299 g/mol. The number of urea groups is 1. The van der Waals surface area contributed by atoms with Gasteiger partial charge in [0.05, 0.1) is 10.7 Å². The Bertz CT molecular complexity index is 656. The minimum atomic E-state index is -1.26. The lowest BCUT2D eigenvalue weighted by Gasteiger charge is -2.36. The highest BCUT2D eigenvalue weighted by atomic mass is 35.5. The number of anilines is 1. The summed E-state index contributed by atoms with van der Waals surface area (Å²) in [4.78, 5) is 37.4. The smallest absolute Gasteiger partial charge is 0.276 e. The predicted octanol–water partition coefficient (Wildman–Crippen LogP) is 2.62. The Kier molecular flexibility index (Phi) is 3.20. The highest BCUT2D eigenvalue weighted by Gasteiger charge is 2.55. The highest BCUT2D eigenvalue weighted by molar-refractivity contribution is 6.33. The van der Waals surface area contributed by atoms with Crippen LogP contribution in [0.25, 0.3) is 0 Å². The van der Waals surface area contributed by atoms with Gasteiger partial charge in [-0.3, -0.25) is 14.9 Å². The second-order valence-corrected chi connectivity index (χ2v) is 5.67. The average Bonchev–Trinajstić information content (AvgIpc) is 2.92. The number of imide groups is 2. The lowest BCUT2D eigenvalue weighted by molar-refractivity contribution is -0.142. The fourth-order valence-electron chi connectivity index (χ4n) is 2.98. The number of hydrogen-bond acceptors (Lipinski definition) is 3. The molecule has 1 heterocycles. The minimum absolute atomic E-state index is 0.189. The van der Waals surface area contributed by atoms with E-state index in [1.54, 1.807) is 0 Å². The first-order chi connectivity index (χ1) is 9.97. The van der Waals surface area contributed by atoms with Gasteiger partial charge in [-0.15, -0.1) is 0 Å². The Hall–Kier alpha value is -1.95. The summed E-state index contributed by atoms with van der Waals surface area (Å²) >= 11 is 5.70. The number of hydrogen-bond donors (Lipinski definition) is 1. The molecule has 0 unspecified atom stereocenters. The van der Waals surface area contributed by atoms with E-state index >= 15 is 0 Å². The number of halogens is 2. The molecule has 3 rings (SSSR count). The zero-order chi connectivity index (χ0) is 15.2. The van der Waals surface area contributed by atoms with Crippen LogP contribution in [-0.2, 0) is 9.59 Å². The number of benzene rings is 1. The maximum Gasteiger partial charge on any atom is 0.335 e. The molecule has 0 atom stereocenters. The number of nitrogens with zero attached hydrogens (tertiary/aromatic N) is 1. The summed E-state index contributed by atoms with van der Waals surface area (Å²) in [6.45, 7) is 0. The lowest BCUT2D eigenvalue weighted by Crippen LogP contribution is -2.63. The topological polar surface area (TPSA) is 66.5 Å². The third-order valence-electron chi connectivity index (χ3n) is 4.10. The average molecular weight is 311 g/mol. The van der Waals surface area contributed by atoms with Gasteiger partial charge in [0.25, 0.3) is 5.91 Å². The number of barbiturate groups is 1. The molecule has 1 saturated carbocycles. The molecule has 2 fully saturated rings. The highest BCUT2D eigenvalue weighted by Crippen LogP contribution is 2.43. The maximum atomic E-state index is 14.1. The van der Waals surface area contributed by atoms with Crippen molar-refractivity contribution in [3.05, 3.63) is 29.0 Å². The third-order valence-corrected chi connectivity index (χ3v) is 4.39. The third kappa shape index (κ3) is 1.93. The second-order valence-electron chi connectivity index (χ2n) is 5.26. The monoisotopic (exact) mass is 310 g/mol. The van der Waals surface area contributed by atoms with Gasteiger partial charge in [0, 0.05) is 0 Å². The van der Waals surface area contributed by atoms with Crippen molar-refractivity contribution < 1.29 is 18.8 Å². The van der Waals surface area contributed by atoms with Crippen LogP contribution in [0.4, 0.5) is 14.9 Å². The van der Waals surface area contributed by atoms with Gasteiger partial charge >= 0.3 is 6.03 Å². The van der Waals surface area contributed by atoms with Gasteiger partial charge in [0.1, 0.15) is 5.41 Å². The molecular formula is C14H12ClFN2O3. The van der Waals surface area contributed by atoms with Gasteiger partial charge in [-0.2, -0.15) is 0 Å². The second kappa shape index (κ2) is 4.80. The first kappa shape index (κ1) is 14.0. The molecule has 1 spiro atoms. The molecule has 110 valence electrons. The van der Waals surface area contributed by atoms with E-state index in [2.05, 4.69) is 5.32 Å². The van der Waals surface area contributed by atoms with Crippen LogP contribution in [0, 0.1) is 11.2 Å². The van der Waals surface area contributed by atoms with Gasteiger partial charge in [-0.1, -0.05) is 30.5 Å². The summed E-state index contributed by atoms with van der Waals surface area (Å²) < 4.78 is 14.1. The quantitative estimate of drug-likeness (QED) is 0.811. The lowest BCUT2D eigenvalue weighted by atomic mass is 9.82. The van der Waals surface area contributed by atoms with Crippen LogP contribution in [0.1, 0.15) is 25.7 Å². The number of amides is 4. The molecule has 0 radical (unpaired) electrons. The molecule has 2 aliphatic rings. The largest absolute Gasteiger partial charge is 0.335 e. The van der Waals surface area contributed by atoms with Crippen molar-refractivity contribution in [1.82, 2.24) is 5.32 Å². The molecule has 1 aliphatic carbocycles. The standard InChI is InChI=1S/C14H12ClFN2O3/c15-8-4-3-5-9(10(8)16)18-12(20)14(6-1-2-7-14)11(19)17-13(18)21/h3-5H,1-2,6-7H2,(H,17,19,21). The molecule has 4 amide bonds. The summed E-state index contributed by atoms with van der Waals surface area (Å²) in [5.41, 5.74) is -1.49. The molecule has 21 heavy (non-hydrogen) atoms. The number of rotatable bonds is 1. The van der Waals surface area contributed by atoms with Crippen molar-refractivity contribution in [2.45, 2.75) is 25.7 Å². The first-order valence-corrected chi connectivity index (χ1v) is 6.99. The summed E-state index contributed by atoms with van der Waals surface area (Å²) in [6, 6.07) is 3.11. The van der Waals surface area contributed by atoms with E-state index in [0.717, 1.165) is 12.8 Å². The van der Waals surface area contributed by atoms with Crippen LogP contribution in [0.3, 0.4) is 0 Å². The maximum absolute atomic E-state index is 14.1. The van der Waals surface area contributed by atoms with Gasteiger partial charge < -0.3 is 0 Å². The molecule has 1 aromatic carbocycles. The molecule has 7 heteroatoms. The summed E-state index contributed by atoms with van der Waals surface area (Å²) in [5, 5.41) is 1.97. The normalized spacial score (nSPS) is 21.0. The van der Waals surface area contributed by atoms with Crippen molar-refractivity contribution >= 4 is 35.1 Å². The van der Waals surface area contributed by atoms with Gasteiger partial charge in [-0.05, 0) is 25.0 Å². The fourth-order valence-corrected chi connectivity index (χ4v) is 3.15. The van der Waals surface area contributed by atoms with Crippen LogP contribution >= 0.6 is 11.6 Å². The van der Waals surface area contributed by atoms with Crippen molar-refractivity contribution in [1.29, 1.82) is 0 Å². The fraction of sp³-hybridized carbons (Fsp3) is 0.357. The van der Waals surface area contributed by atoms with Crippen molar-refractivity contribution in [2.75, 3.05) is 4.90 Å². The van der Waals surface area contributed by atoms with Crippen molar-refractivity contribution in [3.63, 3.8) is 0 Å². The Morgan fingerprint density at radius 2 is 1.86 bits per heavy atom. The van der Waals surface area contributed by atoms with E-state index in [-0.39, 0.29) is 10.7 Å². The Morgan fingerprint density at radius 3 is 2.52 bits per heavy atom. The number of carbonyl (C=O) groups excluding carboxylic acids is 3. The van der Waals surface area contributed by atoms with E-state index in [4.69, 9.17) is 11.6 Å². The molecule has 0 bridgehead atoms. The molecule has 1 N–H and O–H groups in total. The molecule has 5 nitrogen and oxygen atoms in total. The number of nitrogens with one attached hydrogen (secondary N) is 1. The van der Waals surface area contributed by atoms with Crippen LogP contribution in [0.2, 0.25) is 5.02 Å². The summed E-state index contributed by atoms with van der Waals surface area (Å²) in [6.07, 6.45) is 2.17. The first-order valence-electron chi connectivity index (χ1n) is 6.61. The zero-order valence-corrected chi connectivity index (χ0v) is 11.7. The van der Waals surface area contributed by atoms with Crippen LogP contribution in [-0.4, -0.2) is 17.8 Å². The van der Waals surface area contributed by atoms with E-state index in [1.165, 1.54) is 18.2 Å². The molecule has 1 aromatic rings. The SMILES string of the molecule is O=C1NC(=O)C2(CCCC2)C(=O)N1c1cccc(Cl)c1F. The minimum Gasteiger partial charge on any atom is -0.276 e. The molecule has 1 aliphatic heterocycles. The Labute approximate surface area is 125 Å². The van der Waals surface area contributed by atoms with E-state index < -0.39 is 29.1 Å².